The second-order valence-corrected chi connectivity index (χ2v) is 4.14. The van der Waals surface area contributed by atoms with Crippen molar-refractivity contribution in [2.45, 2.75) is 12.2 Å². The zero-order valence-corrected chi connectivity index (χ0v) is 10.2. The Balaban J connectivity index is 2.61. The lowest BCUT2D eigenvalue weighted by Crippen LogP contribution is -2.30. The van der Waals surface area contributed by atoms with Crippen LogP contribution >= 0.6 is 0 Å². The van der Waals surface area contributed by atoms with Gasteiger partial charge in [-0.25, -0.2) is 9.59 Å². The zero-order chi connectivity index (χ0) is 14.0. The van der Waals surface area contributed by atoms with Gasteiger partial charge in [0, 0.05) is 6.54 Å². The Kier molecular flexibility index (Phi) is 3.79. The smallest absolute Gasteiger partial charge is 0.389 e. The van der Waals surface area contributed by atoms with E-state index in [1.54, 1.807) is 13.1 Å². The van der Waals surface area contributed by atoms with Crippen LogP contribution in [0.2, 0.25) is 0 Å². The summed E-state index contributed by atoms with van der Waals surface area (Å²) in [6, 6.07) is 4.60. The van der Waals surface area contributed by atoms with E-state index in [2.05, 4.69) is 14.7 Å². The number of H-pyrrole nitrogens is 1. The molecule has 2 unspecified atom stereocenters. The number of aliphatic hydroxyl groups is 2. The van der Waals surface area contributed by atoms with Crippen molar-refractivity contribution < 1.29 is 14.6 Å². The molecule has 0 aliphatic carbocycles. The second kappa shape index (κ2) is 5.35. The van der Waals surface area contributed by atoms with E-state index in [1.807, 2.05) is 0 Å². The third-order valence-electron chi connectivity index (χ3n) is 2.82. The van der Waals surface area contributed by atoms with E-state index < -0.39 is 23.6 Å². The maximum atomic E-state index is 11.7. The Hall–Kier alpha value is -1.96. The average Bonchev–Trinajstić information content (AvgIpc) is 2.37. The fourth-order valence-electron chi connectivity index (χ4n) is 1.95. The molecule has 0 aliphatic rings. The average molecular weight is 266 g/mol. The highest BCUT2D eigenvalue weighted by Crippen LogP contribution is 2.22. The van der Waals surface area contributed by atoms with Crippen molar-refractivity contribution in [1.29, 1.82) is 0 Å². The van der Waals surface area contributed by atoms with E-state index >= 15 is 0 Å². The molecule has 0 saturated carbocycles. The van der Waals surface area contributed by atoms with Gasteiger partial charge in [-0.1, -0.05) is 12.1 Å². The summed E-state index contributed by atoms with van der Waals surface area (Å²) in [5.41, 5.74) is -0.371. The van der Waals surface area contributed by atoms with Gasteiger partial charge in [0.15, 0.2) is 0 Å². The molecule has 4 N–H and O–H groups in total. The number of hydrogen-bond acceptors (Lipinski definition) is 6. The predicted octanol–water partition coefficient (Wildman–Crippen LogP) is -0.905. The Morgan fingerprint density at radius 1 is 1.37 bits per heavy atom. The molecule has 0 saturated heterocycles. The first-order chi connectivity index (χ1) is 9.04. The zero-order valence-electron chi connectivity index (χ0n) is 10.2. The van der Waals surface area contributed by atoms with Gasteiger partial charge in [-0.2, -0.15) is 0 Å². The number of likely N-dealkylation sites (N-methyl/N-ethyl adjacent to an activating group) is 1. The Morgan fingerprint density at radius 2 is 2.11 bits per heavy atom. The summed E-state index contributed by atoms with van der Waals surface area (Å²) in [5, 5.41) is 22.6. The summed E-state index contributed by atoms with van der Waals surface area (Å²) in [6.07, 6.45) is -2.34. The molecule has 0 amide bonds. The standard InChI is InChI=1S/C12H14N2O5/c1-13-5-8(15)10(16)6-3-2-4-7-9(6)11(17)19-12(18)14-7/h2-4,8,10,13,15-16H,5H2,1H3,(H,14,18). The van der Waals surface area contributed by atoms with Crippen LogP contribution < -0.4 is 16.7 Å². The first-order valence-corrected chi connectivity index (χ1v) is 5.71. The molecule has 19 heavy (non-hydrogen) atoms. The van der Waals surface area contributed by atoms with Gasteiger partial charge in [-0.3, -0.25) is 4.98 Å². The molecule has 2 rings (SSSR count). The van der Waals surface area contributed by atoms with Crippen LogP contribution in [-0.4, -0.2) is 34.9 Å². The van der Waals surface area contributed by atoms with Crippen LogP contribution in [0.25, 0.3) is 10.9 Å². The van der Waals surface area contributed by atoms with Crippen molar-refractivity contribution in [1.82, 2.24) is 10.3 Å². The third-order valence-corrected chi connectivity index (χ3v) is 2.82. The maximum Gasteiger partial charge on any atom is 0.419 e. The fourth-order valence-corrected chi connectivity index (χ4v) is 1.95. The monoisotopic (exact) mass is 266 g/mol. The second-order valence-electron chi connectivity index (χ2n) is 4.14. The van der Waals surface area contributed by atoms with E-state index in [-0.39, 0.29) is 23.0 Å². The van der Waals surface area contributed by atoms with Gasteiger partial charge in [-0.05, 0) is 18.7 Å². The molecule has 1 heterocycles. The predicted molar refractivity (Wildman–Crippen MR) is 68.0 cm³/mol. The SMILES string of the molecule is CNCC(O)C(O)c1cccc2[nH]c(=O)oc(=O)c12. The largest absolute Gasteiger partial charge is 0.419 e. The van der Waals surface area contributed by atoms with Crippen molar-refractivity contribution in [3.63, 3.8) is 0 Å². The van der Waals surface area contributed by atoms with Crippen molar-refractivity contribution in [2.75, 3.05) is 13.6 Å². The molecule has 2 atom stereocenters. The van der Waals surface area contributed by atoms with Gasteiger partial charge >= 0.3 is 11.4 Å². The molecule has 0 spiro atoms. The molecule has 1 aromatic heterocycles. The quantitative estimate of drug-likeness (QED) is 0.569. The number of aromatic amines is 1. The summed E-state index contributed by atoms with van der Waals surface area (Å²) in [5.74, 6) is -0.861. The van der Waals surface area contributed by atoms with Crippen LogP contribution in [0.5, 0.6) is 0 Å². The molecule has 0 fully saturated rings. The van der Waals surface area contributed by atoms with E-state index in [9.17, 15) is 19.8 Å². The van der Waals surface area contributed by atoms with Crippen LogP contribution in [0.1, 0.15) is 11.7 Å². The molecule has 102 valence electrons. The fraction of sp³-hybridized carbons (Fsp3) is 0.333. The summed E-state index contributed by atoms with van der Waals surface area (Å²) < 4.78 is 4.45. The van der Waals surface area contributed by atoms with Crippen LogP contribution in [0.15, 0.2) is 32.2 Å². The van der Waals surface area contributed by atoms with Crippen LogP contribution in [-0.2, 0) is 0 Å². The first-order valence-electron chi connectivity index (χ1n) is 5.71. The summed E-state index contributed by atoms with van der Waals surface area (Å²) in [7, 11) is 1.63. The highest BCUT2D eigenvalue weighted by atomic mass is 16.4. The molecule has 7 heteroatoms. The van der Waals surface area contributed by atoms with Gasteiger partial charge in [0.2, 0.25) is 0 Å². The highest BCUT2D eigenvalue weighted by Gasteiger charge is 2.21. The number of aromatic nitrogens is 1. The van der Waals surface area contributed by atoms with Crippen LogP contribution in [0, 0.1) is 0 Å². The number of rotatable bonds is 4. The minimum Gasteiger partial charge on any atom is -0.389 e. The summed E-state index contributed by atoms with van der Waals surface area (Å²) >= 11 is 0. The Labute approximate surface area is 107 Å². The third kappa shape index (κ3) is 2.58. The first kappa shape index (κ1) is 13.5. The van der Waals surface area contributed by atoms with E-state index in [4.69, 9.17) is 0 Å². The number of fused-ring (bicyclic) bond motifs is 1. The molecule has 1 aromatic carbocycles. The molecule has 0 bridgehead atoms. The lowest BCUT2D eigenvalue weighted by molar-refractivity contribution is 0.0210. The van der Waals surface area contributed by atoms with Gasteiger partial charge in [0.25, 0.3) is 0 Å². The maximum absolute atomic E-state index is 11.7. The van der Waals surface area contributed by atoms with Gasteiger partial charge < -0.3 is 19.9 Å². The van der Waals surface area contributed by atoms with Crippen LogP contribution in [0.4, 0.5) is 0 Å². The number of hydrogen-bond donors (Lipinski definition) is 4. The summed E-state index contributed by atoms with van der Waals surface area (Å²) in [4.78, 5) is 25.2. The molecule has 2 aromatic rings. The normalized spacial score (nSPS) is 14.5. The van der Waals surface area contributed by atoms with Crippen molar-refractivity contribution in [3.8, 4) is 0 Å². The van der Waals surface area contributed by atoms with Crippen LogP contribution in [0.3, 0.4) is 0 Å². The van der Waals surface area contributed by atoms with Gasteiger partial charge in [0.05, 0.1) is 17.0 Å². The number of benzene rings is 1. The summed E-state index contributed by atoms with van der Waals surface area (Å²) in [6.45, 7) is 0.159. The molecular formula is C12H14N2O5. The van der Waals surface area contributed by atoms with Crippen molar-refractivity contribution in [2.24, 2.45) is 0 Å². The van der Waals surface area contributed by atoms with Gasteiger partial charge in [-0.15, -0.1) is 0 Å². The Morgan fingerprint density at radius 3 is 2.79 bits per heavy atom. The molecular weight excluding hydrogens is 252 g/mol. The van der Waals surface area contributed by atoms with Gasteiger partial charge in [0.1, 0.15) is 6.10 Å². The highest BCUT2D eigenvalue weighted by molar-refractivity contribution is 5.81. The van der Waals surface area contributed by atoms with E-state index in [1.165, 1.54) is 12.1 Å². The molecule has 0 aliphatic heterocycles. The minimum atomic E-state index is -1.26. The lowest BCUT2D eigenvalue weighted by Gasteiger charge is -2.18. The van der Waals surface area contributed by atoms with E-state index in [0.29, 0.717) is 0 Å². The van der Waals surface area contributed by atoms with E-state index in [0.717, 1.165) is 0 Å². The van der Waals surface area contributed by atoms with Crippen molar-refractivity contribution >= 4 is 10.9 Å². The molecule has 7 nitrogen and oxygen atoms in total. The molecule has 0 radical (unpaired) electrons. The van der Waals surface area contributed by atoms with Crippen molar-refractivity contribution in [3.05, 3.63) is 44.7 Å². The number of nitrogens with one attached hydrogen (secondary N) is 2. The lowest BCUT2D eigenvalue weighted by atomic mass is 10.0. The number of aliphatic hydroxyl groups excluding tert-OH is 2. The Bertz CT molecular complexity index is 690. The minimum absolute atomic E-state index is 0.0600. The topological polar surface area (TPSA) is 116 Å².